The summed E-state index contributed by atoms with van der Waals surface area (Å²) in [5.74, 6) is -1.63. The SMILES string of the molecule is C=CCOC(=O)N1c2cc(OCCCC(=O)Nc3cn(C)c(C(=O)Cc4cc(C(=O)Nc5cc(C(=O)n6ccc7cc(C(=O)OC)ccc76)n(C)c5)n(C)c4)n3)c(C)cc2C(=O)N2CC(=C)C[C@H]2C1OC1CCCCO1. The van der Waals surface area contributed by atoms with Gasteiger partial charge in [-0.25, -0.2) is 19.5 Å². The van der Waals surface area contributed by atoms with Crippen molar-refractivity contribution in [3.8, 4) is 5.75 Å². The van der Waals surface area contributed by atoms with E-state index in [0.29, 0.717) is 70.7 Å². The molecule has 2 saturated heterocycles. The fourth-order valence-electron chi connectivity index (χ4n) is 9.85. The first-order chi connectivity index (χ1) is 36.5. The van der Waals surface area contributed by atoms with Gasteiger partial charge < -0.3 is 52.9 Å². The number of ketones is 1. The average Bonchev–Trinajstić information content (AvgIpc) is 4.24. The highest BCUT2D eigenvalue weighted by Crippen LogP contribution is 2.41. The van der Waals surface area contributed by atoms with E-state index in [1.807, 2.05) is 0 Å². The van der Waals surface area contributed by atoms with Gasteiger partial charge in [0.25, 0.3) is 17.7 Å². The zero-order valence-electron chi connectivity index (χ0n) is 43.0. The Bertz CT molecular complexity index is 3320. The molecule has 21 nitrogen and oxygen atoms in total. The Morgan fingerprint density at radius 1 is 0.934 bits per heavy atom. The number of carbonyl (C=O) groups excluding carboxylic acids is 7. The third-order valence-electron chi connectivity index (χ3n) is 13.5. The van der Waals surface area contributed by atoms with Crippen molar-refractivity contribution in [2.24, 2.45) is 21.1 Å². The molecule has 2 N–H and O–H groups in total. The normalized spacial score (nSPS) is 17.2. The van der Waals surface area contributed by atoms with Crippen LogP contribution in [0.1, 0.15) is 102 Å². The molecule has 6 aromatic rings. The van der Waals surface area contributed by atoms with Crippen LogP contribution in [0.2, 0.25) is 0 Å². The van der Waals surface area contributed by atoms with Crippen LogP contribution < -0.4 is 20.3 Å². The summed E-state index contributed by atoms with van der Waals surface area (Å²) in [5.41, 5.74) is 4.45. The van der Waals surface area contributed by atoms with Gasteiger partial charge in [0.2, 0.25) is 11.7 Å². The minimum Gasteiger partial charge on any atom is -0.493 e. The Kier molecular flexibility index (Phi) is 15.2. The summed E-state index contributed by atoms with van der Waals surface area (Å²) in [7, 11) is 6.31. The molecule has 9 rings (SSSR count). The number of hydrogen-bond donors (Lipinski definition) is 2. The molecule has 2 aromatic carbocycles. The Labute approximate surface area is 437 Å². The third-order valence-corrected chi connectivity index (χ3v) is 13.5. The monoisotopic (exact) mass is 1040 g/mol. The number of rotatable bonds is 17. The number of anilines is 3. The van der Waals surface area contributed by atoms with Crippen LogP contribution in [0, 0.1) is 6.92 Å². The van der Waals surface area contributed by atoms with Crippen LogP contribution in [-0.2, 0) is 51.3 Å². The maximum Gasteiger partial charge on any atom is 0.416 e. The molecule has 0 spiro atoms. The summed E-state index contributed by atoms with van der Waals surface area (Å²) in [6.07, 6.45) is 8.69. The molecule has 0 radical (unpaired) electrons. The molecule has 76 heavy (non-hydrogen) atoms. The van der Waals surface area contributed by atoms with Crippen molar-refractivity contribution in [2.45, 2.75) is 70.4 Å². The van der Waals surface area contributed by atoms with E-state index in [1.165, 1.54) is 33.4 Å². The van der Waals surface area contributed by atoms with Gasteiger partial charge in [0.05, 0.1) is 47.8 Å². The summed E-state index contributed by atoms with van der Waals surface area (Å²) in [4.78, 5) is 102. The van der Waals surface area contributed by atoms with Crippen LogP contribution >= 0.6 is 0 Å². The van der Waals surface area contributed by atoms with Crippen LogP contribution in [-0.4, -0.2) is 122 Å². The van der Waals surface area contributed by atoms with Crippen molar-refractivity contribution < 1.29 is 57.2 Å². The van der Waals surface area contributed by atoms with Gasteiger partial charge in [0, 0.05) is 83.4 Å². The number of esters is 1. The second-order valence-corrected chi connectivity index (χ2v) is 19.1. The second-order valence-electron chi connectivity index (χ2n) is 19.1. The lowest BCUT2D eigenvalue weighted by atomic mass is 10.1. The smallest absolute Gasteiger partial charge is 0.416 e. The molecule has 3 atom stereocenters. The largest absolute Gasteiger partial charge is 0.493 e. The molecule has 3 aliphatic heterocycles. The van der Waals surface area contributed by atoms with E-state index in [0.717, 1.165) is 18.4 Å². The number of hydrogen-bond acceptors (Lipinski definition) is 13. The number of Topliss-reactive ketones (excluding diaryl/α,β-unsaturated/α-hetero) is 1. The van der Waals surface area contributed by atoms with Crippen molar-refractivity contribution >= 4 is 69.6 Å². The lowest BCUT2D eigenvalue weighted by molar-refractivity contribution is -0.195. The highest BCUT2D eigenvalue weighted by molar-refractivity contribution is 6.08. The molecule has 21 heteroatoms. The molecule has 3 aliphatic rings. The molecule has 2 fully saturated rings. The number of benzene rings is 2. The van der Waals surface area contributed by atoms with Crippen molar-refractivity contribution in [1.82, 2.24) is 28.2 Å². The maximum absolute atomic E-state index is 14.2. The number of fused-ring (bicyclic) bond motifs is 3. The van der Waals surface area contributed by atoms with Crippen molar-refractivity contribution in [1.29, 1.82) is 0 Å². The van der Waals surface area contributed by atoms with E-state index in [2.05, 4.69) is 28.8 Å². The summed E-state index contributed by atoms with van der Waals surface area (Å²) >= 11 is 0. The zero-order valence-corrected chi connectivity index (χ0v) is 43.0. The van der Waals surface area contributed by atoms with Crippen molar-refractivity contribution in [2.75, 3.05) is 49.0 Å². The van der Waals surface area contributed by atoms with Crippen LogP contribution in [0.3, 0.4) is 0 Å². The number of ether oxygens (including phenoxy) is 5. The molecule has 0 bridgehead atoms. The fraction of sp³-hybridized carbons (Fsp3) is 0.345. The molecule has 4 amide bonds. The zero-order chi connectivity index (χ0) is 53.9. The van der Waals surface area contributed by atoms with Gasteiger partial charge >= 0.3 is 12.1 Å². The first-order valence-electron chi connectivity index (χ1n) is 24.8. The first kappa shape index (κ1) is 52.3. The molecular weight excluding hydrogens is 979 g/mol. The van der Waals surface area contributed by atoms with Gasteiger partial charge in [-0.2, -0.15) is 0 Å². The predicted molar refractivity (Wildman–Crippen MR) is 279 cm³/mol. The summed E-state index contributed by atoms with van der Waals surface area (Å²) < 4.78 is 35.3. The molecule has 2 unspecified atom stereocenters. The van der Waals surface area contributed by atoms with Crippen molar-refractivity contribution in [3.63, 3.8) is 0 Å². The standard InChI is InChI=1S/C55H59N9O12/c1-8-18-75-55(71)64-40-27-45(33(3)22-38(40)51(68)63-28-32(2)21-43(63)53(64)76-48-13-9-10-19-74-48)73-20-11-12-47(66)57-46-31-61(6)49(58-46)44(65)24-34-23-41(59(4)29-34)50(67)56-37-26-42(60(5)30-37)52(69)62-17-16-35-25-36(54(70)72-7)14-15-39(35)62/h8,14-17,22-23,25-27,29-31,43,48,53H,1-2,9-13,18-21,24,28H2,3-7H3,(H,56,67)(H,57,66)/t43-,48?,53?/m0/s1. The van der Waals surface area contributed by atoms with Gasteiger partial charge in [0.15, 0.2) is 24.2 Å². The average molecular weight is 1040 g/mol. The van der Waals surface area contributed by atoms with Gasteiger partial charge in [-0.3, -0.25) is 28.5 Å². The van der Waals surface area contributed by atoms with Gasteiger partial charge in [0.1, 0.15) is 23.7 Å². The number of aromatic nitrogens is 5. The second kappa shape index (κ2) is 22.1. The van der Waals surface area contributed by atoms with E-state index in [-0.39, 0.29) is 84.6 Å². The first-order valence-corrected chi connectivity index (χ1v) is 24.8. The minimum absolute atomic E-state index is 0.0420. The van der Waals surface area contributed by atoms with E-state index in [4.69, 9.17) is 23.7 Å². The number of aryl methyl sites for hydroxylation is 4. The lowest BCUT2D eigenvalue weighted by Gasteiger charge is -2.38. The minimum atomic E-state index is -0.958. The lowest BCUT2D eigenvalue weighted by Crippen LogP contribution is -2.54. The van der Waals surface area contributed by atoms with Crippen molar-refractivity contribution in [3.05, 3.63) is 138 Å². The maximum atomic E-state index is 14.2. The third kappa shape index (κ3) is 10.8. The molecule has 4 aromatic heterocycles. The highest BCUT2D eigenvalue weighted by atomic mass is 16.7. The number of imidazole rings is 1. The Morgan fingerprint density at radius 2 is 1.74 bits per heavy atom. The van der Waals surface area contributed by atoms with Crippen LogP contribution in [0.15, 0.2) is 98.1 Å². The summed E-state index contributed by atoms with van der Waals surface area (Å²) in [5, 5.41) is 6.28. The number of carbonyl (C=O) groups is 7. The van der Waals surface area contributed by atoms with E-state index >= 15 is 0 Å². The number of nitrogens with one attached hydrogen (secondary N) is 2. The molecule has 7 heterocycles. The number of nitrogens with zero attached hydrogens (tertiary/aromatic N) is 7. The number of methoxy groups -OCH3 is 1. The van der Waals surface area contributed by atoms with Gasteiger partial charge in [-0.05, 0) is 92.6 Å². The van der Waals surface area contributed by atoms with Gasteiger partial charge in [-0.1, -0.05) is 24.8 Å². The van der Waals surface area contributed by atoms with Crippen LogP contribution in [0.4, 0.5) is 22.0 Å². The molecule has 0 aliphatic carbocycles. The Hall–Kier alpha value is -8.56. The molecule has 396 valence electrons. The van der Waals surface area contributed by atoms with Gasteiger partial charge in [-0.15, -0.1) is 0 Å². The Morgan fingerprint density at radius 3 is 2.50 bits per heavy atom. The fourth-order valence-corrected chi connectivity index (χ4v) is 9.85. The van der Waals surface area contributed by atoms with E-state index in [1.54, 1.807) is 109 Å². The Balaban J connectivity index is 0.800. The quantitative estimate of drug-likeness (QED) is 0.0403. The molecule has 0 saturated carbocycles. The van der Waals surface area contributed by atoms with E-state index < -0.39 is 36.5 Å². The highest BCUT2D eigenvalue weighted by Gasteiger charge is 2.48. The summed E-state index contributed by atoms with van der Waals surface area (Å²) in [6.45, 7) is 10.5. The topological polar surface area (TPSA) is 229 Å². The molecular formula is C55H59N9O12. The van der Waals surface area contributed by atoms with Crippen LogP contribution in [0.5, 0.6) is 5.75 Å². The van der Waals surface area contributed by atoms with E-state index in [9.17, 15) is 33.6 Å². The summed E-state index contributed by atoms with van der Waals surface area (Å²) in [6, 6.07) is 12.6. The predicted octanol–water partition coefficient (Wildman–Crippen LogP) is 7.09. The number of amides is 4. The van der Waals surface area contributed by atoms with Crippen LogP contribution in [0.25, 0.3) is 10.9 Å².